The monoisotopic (exact) mass is 397 g/mol. The van der Waals surface area contributed by atoms with Crippen LogP contribution in [0.5, 0.6) is 0 Å². The number of nitrogens with zero attached hydrogens (tertiary/aromatic N) is 2. The van der Waals surface area contributed by atoms with Gasteiger partial charge in [-0.1, -0.05) is 76.1 Å². The van der Waals surface area contributed by atoms with E-state index >= 15 is 0 Å². The van der Waals surface area contributed by atoms with E-state index in [4.69, 9.17) is 4.98 Å². The zero-order valence-corrected chi connectivity index (χ0v) is 19.0. The summed E-state index contributed by atoms with van der Waals surface area (Å²) < 4.78 is 2.51. The number of benzene rings is 2. The lowest BCUT2D eigenvalue weighted by atomic mass is 9.79. The first-order valence-electron chi connectivity index (χ1n) is 11.6. The molecule has 154 valence electrons. The maximum Gasteiger partial charge on any atom is 0.287 e. The quantitative estimate of drug-likeness (QED) is 0.436. The molecule has 2 heterocycles. The van der Waals surface area contributed by atoms with Gasteiger partial charge in [0.15, 0.2) is 5.69 Å². The van der Waals surface area contributed by atoms with E-state index in [0.29, 0.717) is 11.5 Å². The van der Waals surface area contributed by atoms with Gasteiger partial charge in [0.25, 0.3) is 6.33 Å². The fraction of sp³-hybridized carbons (Fsp3) is 0.429. The van der Waals surface area contributed by atoms with Crippen LogP contribution in [0.15, 0.2) is 54.9 Å². The minimum Gasteiger partial charge on any atom is -0.226 e. The van der Waals surface area contributed by atoms with Gasteiger partial charge in [0, 0.05) is 28.0 Å². The van der Waals surface area contributed by atoms with E-state index in [2.05, 4.69) is 94.0 Å². The zero-order valence-electron chi connectivity index (χ0n) is 19.0. The van der Waals surface area contributed by atoms with Crippen LogP contribution in [0.4, 0.5) is 0 Å². The van der Waals surface area contributed by atoms with Crippen LogP contribution in [0.25, 0.3) is 22.5 Å². The van der Waals surface area contributed by atoms with Crippen molar-refractivity contribution in [2.24, 2.45) is 5.41 Å². The molecule has 1 fully saturated rings. The minimum atomic E-state index is 0.234. The van der Waals surface area contributed by atoms with Crippen molar-refractivity contribution in [3.63, 3.8) is 0 Å². The van der Waals surface area contributed by atoms with Crippen LogP contribution in [0.2, 0.25) is 0 Å². The third-order valence-corrected chi connectivity index (χ3v) is 8.19. The molecule has 0 amide bonds. The molecular weight excluding hydrogens is 364 g/mol. The summed E-state index contributed by atoms with van der Waals surface area (Å²) in [7, 11) is 0. The minimum absolute atomic E-state index is 0.234. The fourth-order valence-electron chi connectivity index (χ4n) is 6.73. The maximum atomic E-state index is 5.01. The lowest BCUT2D eigenvalue weighted by Crippen LogP contribution is -2.42. The molecule has 0 spiro atoms. The molecule has 1 aromatic heterocycles. The van der Waals surface area contributed by atoms with Crippen molar-refractivity contribution in [2.45, 2.75) is 71.8 Å². The lowest BCUT2D eigenvalue weighted by Gasteiger charge is -2.25. The maximum absolute atomic E-state index is 5.01. The molecule has 2 heteroatoms. The molecule has 2 nitrogen and oxygen atoms in total. The summed E-state index contributed by atoms with van der Waals surface area (Å²) in [5, 5.41) is 0. The van der Waals surface area contributed by atoms with Gasteiger partial charge in [0.2, 0.25) is 0 Å². The summed E-state index contributed by atoms with van der Waals surface area (Å²) in [4.78, 5) is 5.01. The second-order valence-electron chi connectivity index (χ2n) is 9.63. The Balaban J connectivity index is 1.73. The Morgan fingerprint density at radius 3 is 2.43 bits per heavy atom. The van der Waals surface area contributed by atoms with Crippen LogP contribution < -0.4 is 4.57 Å². The van der Waals surface area contributed by atoms with Gasteiger partial charge in [-0.05, 0) is 48.4 Å². The van der Waals surface area contributed by atoms with E-state index in [1.54, 1.807) is 5.56 Å². The van der Waals surface area contributed by atoms with Gasteiger partial charge in [-0.2, -0.15) is 0 Å². The zero-order chi connectivity index (χ0) is 21.1. The second kappa shape index (κ2) is 6.77. The van der Waals surface area contributed by atoms with E-state index in [1.807, 2.05) is 0 Å². The van der Waals surface area contributed by atoms with Crippen molar-refractivity contribution in [1.29, 1.82) is 0 Å². The molecule has 1 aliphatic carbocycles. The molecule has 0 saturated heterocycles. The molecule has 0 radical (unpaired) electrons. The van der Waals surface area contributed by atoms with Crippen LogP contribution in [0.3, 0.4) is 0 Å². The van der Waals surface area contributed by atoms with E-state index < -0.39 is 0 Å². The molecule has 3 unspecified atom stereocenters. The third-order valence-electron chi connectivity index (χ3n) is 8.19. The number of hydrogen-bond donors (Lipinski definition) is 0. The number of aryl methyl sites for hydroxylation is 2. The topological polar surface area (TPSA) is 16.8 Å². The Kier molecular flexibility index (Phi) is 4.39. The number of fused-ring (bicyclic) bond motifs is 6. The summed E-state index contributed by atoms with van der Waals surface area (Å²) in [5.41, 5.74) is 9.75. The van der Waals surface area contributed by atoms with E-state index in [1.165, 1.54) is 53.6 Å². The molecule has 30 heavy (non-hydrogen) atoms. The Hall–Kier alpha value is -2.48. The molecule has 0 bridgehead atoms. The van der Waals surface area contributed by atoms with Gasteiger partial charge in [-0.25, -0.2) is 4.57 Å². The average Bonchev–Trinajstić information content (AvgIpc) is 3.32. The summed E-state index contributed by atoms with van der Waals surface area (Å²) in [6, 6.07) is 18.5. The SMILES string of the molecule is CCCCC1(C)C2[n+]3cnc(-c4c(C)cccc4C)cc3-c3ccccc3C21CC. The molecule has 1 saturated carbocycles. The molecule has 2 aliphatic rings. The van der Waals surface area contributed by atoms with Gasteiger partial charge < -0.3 is 0 Å². The largest absolute Gasteiger partial charge is 0.287 e. The molecule has 2 aromatic carbocycles. The predicted molar refractivity (Wildman–Crippen MR) is 123 cm³/mol. The first-order chi connectivity index (χ1) is 14.5. The Labute approximate surface area is 181 Å². The summed E-state index contributed by atoms with van der Waals surface area (Å²) in [6.07, 6.45) is 7.14. The van der Waals surface area contributed by atoms with Crippen LogP contribution in [-0.4, -0.2) is 4.98 Å². The van der Waals surface area contributed by atoms with Crippen LogP contribution in [0.1, 0.15) is 69.2 Å². The van der Waals surface area contributed by atoms with Crippen molar-refractivity contribution >= 4 is 0 Å². The number of hydrogen-bond acceptors (Lipinski definition) is 1. The Morgan fingerprint density at radius 1 is 1.00 bits per heavy atom. The Morgan fingerprint density at radius 2 is 1.73 bits per heavy atom. The number of rotatable bonds is 5. The second-order valence-corrected chi connectivity index (χ2v) is 9.63. The van der Waals surface area contributed by atoms with Crippen molar-refractivity contribution in [3.05, 3.63) is 71.5 Å². The first kappa shape index (κ1) is 19.5. The van der Waals surface area contributed by atoms with Gasteiger partial charge in [0.1, 0.15) is 11.7 Å². The van der Waals surface area contributed by atoms with Crippen LogP contribution in [0, 0.1) is 19.3 Å². The lowest BCUT2D eigenvalue weighted by molar-refractivity contribution is -0.703. The standard InChI is InChI=1S/C28H33N2/c1-6-8-16-27(5)26-28(27,7-2)22-15-10-9-14-21(22)24-17-23(29-18-30(24)26)25-19(3)12-11-13-20(25)4/h9-15,17-18,26H,6-8,16H2,1-5H3/q+1. The molecule has 3 aromatic rings. The highest BCUT2D eigenvalue weighted by molar-refractivity contribution is 5.74. The summed E-state index contributed by atoms with van der Waals surface area (Å²) >= 11 is 0. The molecular formula is C28H33N2+. The average molecular weight is 398 g/mol. The molecule has 0 N–H and O–H groups in total. The van der Waals surface area contributed by atoms with Crippen molar-refractivity contribution in [2.75, 3.05) is 0 Å². The van der Waals surface area contributed by atoms with Gasteiger partial charge in [-0.3, -0.25) is 0 Å². The number of unbranched alkanes of at least 4 members (excludes halogenated alkanes) is 1. The van der Waals surface area contributed by atoms with E-state index in [9.17, 15) is 0 Å². The van der Waals surface area contributed by atoms with Gasteiger partial charge >= 0.3 is 0 Å². The number of aromatic nitrogens is 2. The normalized spacial score (nSPS) is 26.0. The molecule has 1 aliphatic heterocycles. The van der Waals surface area contributed by atoms with Crippen LogP contribution in [-0.2, 0) is 5.41 Å². The first-order valence-corrected chi connectivity index (χ1v) is 11.6. The van der Waals surface area contributed by atoms with Crippen molar-refractivity contribution < 1.29 is 4.57 Å². The highest BCUT2D eigenvalue weighted by Gasteiger charge is 2.78. The van der Waals surface area contributed by atoms with E-state index in [-0.39, 0.29) is 5.41 Å². The third kappa shape index (κ3) is 2.37. The highest BCUT2D eigenvalue weighted by atomic mass is 15.2. The smallest absolute Gasteiger partial charge is 0.226 e. The van der Waals surface area contributed by atoms with Gasteiger partial charge in [-0.15, -0.1) is 0 Å². The van der Waals surface area contributed by atoms with E-state index in [0.717, 1.165) is 5.69 Å². The summed E-state index contributed by atoms with van der Waals surface area (Å²) in [6.45, 7) is 11.6. The van der Waals surface area contributed by atoms with Crippen molar-refractivity contribution in [1.82, 2.24) is 4.98 Å². The predicted octanol–water partition coefficient (Wildman–Crippen LogP) is 6.73. The van der Waals surface area contributed by atoms with Crippen molar-refractivity contribution in [3.8, 4) is 22.5 Å². The van der Waals surface area contributed by atoms with Crippen LogP contribution >= 0.6 is 0 Å². The molecule has 3 atom stereocenters. The fourth-order valence-corrected chi connectivity index (χ4v) is 6.73. The van der Waals surface area contributed by atoms with Gasteiger partial charge in [0.05, 0.1) is 0 Å². The highest BCUT2D eigenvalue weighted by Crippen LogP contribution is 2.76. The Bertz CT molecular complexity index is 1110. The molecule has 5 rings (SSSR count). The summed E-state index contributed by atoms with van der Waals surface area (Å²) in [5.74, 6) is 0.